The molecule has 0 aliphatic heterocycles. The average Bonchev–Trinajstić information content (AvgIpc) is 3.07. The molecule has 1 aliphatic carbocycles. The van der Waals surface area contributed by atoms with Gasteiger partial charge in [-0.2, -0.15) is 0 Å². The molecule has 3 rings (SSSR count). The van der Waals surface area contributed by atoms with Gasteiger partial charge in [-0.15, -0.1) is 11.3 Å². The Hall–Kier alpha value is -1.85. The fraction of sp³-hybridized carbons (Fsp3) is 0.353. The molecule has 22 heavy (non-hydrogen) atoms. The van der Waals surface area contributed by atoms with Crippen molar-refractivity contribution in [2.45, 2.75) is 24.9 Å². The van der Waals surface area contributed by atoms with Gasteiger partial charge in [-0.3, -0.25) is 4.79 Å². The van der Waals surface area contributed by atoms with Crippen molar-refractivity contribution < 1.29 is 14.6 Å². The molecule has 0 saturated heterocycles. The average molecular weight is 317 g/mol. The lowest BCUT2D eigenvalue weighted by molar-refractivity contribution is 0.0189. The van der Waals surface area contributed by atoms with Crippen molar-refractivity contribution in [3.8, 4) is 5.75 Å². The predicted molar refractivity (Wildman–Crippen MR) is 86.5 cm³/mol. The van der Waals surface area contributed by atoms with Crippen molar-refractivity contribution in [2.75, 3.05) is 13.7 Å². The normalized spacial score (nSPS) is 20.3. The Morgan fingerprint density at radius 1 is 1.45 bits per heavy atom. The Kier molecular flexibility index (Phi) is 4.18. The number of carbonyl (C=O) groups is 1. The lowest BCUT2D eigenvalue weighted by atomic mass is 9.79. The summed E-state index contributed by atoms with van der Waals surface area (Å²) in [7, 11) is 1.64. The summed E-state index contributed by atoms with van der Waals surface area (Å²) >= 11 is 1.40. The van der Waals surface area contributed by atoms with E-state index < -0.39 is 5.60 Å². The van der Waals surface area contributed by atoms with E-state index in [2.05, 4.69) is 5.32 Å². The van der Waals surface area contributed by atoms with Crippen LogP contribution < -0.4 is 10.1 Å². The second-order valence-electron chi connectivity index (χ2n) is 5.57. The number of hydrogen-bond donors (Lipinski definition) is 2. The number of rotatable bonds is 4. The van der Waals surface area contributed by atoms with E-state index in [-0.39, 0.29) is 12.5 Å². The molecule has 116 valence electrons. The van der Waals surface area contributed by atoms with E-state index in [1.54, 1.807) is 13.2 Å². The molecule has 1 aliphatic rings. The minimum Gasteiger partial charge on any atom is -0.497 e. The van der Waals surface area contributed by atoms with Crippen molar-refractivity contribution in [3.05, 3.63) is 51.7 Å². The maximum Gasteiger partial charge on any atom is 0.261 e. The molecule has 1 aromatic heterocycles. The van der Waals surface area contributed by atoms with E-state index in [1.165, 1.54) is 11.3 Å². The second-order valence-corrected chi connectivity index (χ2v) is 6.52. The Morgan fingerprint density at radius 3 is 3.05 bits per heavy atom. The number of benzene rings is 1. The first-order valence-corrected chi connectivity index (χ1v) is 8.22. The van der Waals surface area contributed by atoms with Gasteiger partial charge >= 0.3 is 0 Å². The van der Waals surface area contributed by atoms with Gasteiger partial charge in [0.25, 0.3) is 5.91 Å². The fourth-order valence-electron chi connectivity index (χ4n) is 2.97. The molecule has 1 amide bonds. The largest absolute Gasteiger partial charge is 0.497 e. The Morgan fingerprint density at radius 2 is 2.32 bits per heavy atom. The second kappa shape index (κ2) is 6.10. The van der Waals surface area contributed by atoms with Crippen molar-refractivity contribution in [1.82, 2.24) is 5.32 Å². The Balaban J connectivity index is 1.78. The van der Waals surface area contributed by atoms with E-state index >= 15 is 0 Å². The molecule has 0 unspecified atom stereocenters. The molecule has 1 atom stereocenters. The summed E-state index contributed by atoms with van der Waals surface area (Å²) in [6.07, 6.45) is 2.47. The third kappa shape index (κ3) is 2.87. The zero-order valence-electron chi connectivity index (χ0n) is 12.5. The first-order valence-electron chi connectivity index (χ1n) is 7.34. The van der Waals surface area contributed by atoms with Gasteiger partial charge in [0, 0.05) is 0 Å². The summed E-state index contributed by atoms with van der Waals surface area (Å²) < 4.78 is 5.25. The standard InChI is InChI=1S/C17H19NO3S/c1-21-13-6-7-14-12(10-13)4-2-8-17(14,20)11-18-16(19)15-5-3-9-22-15/h3,5-7,9-10,20H,2,4,8,11H2,1H3,(H,18,19)/t17-/m1/s1. The molecule has 1 heterocycles. The summed E-state index contributed by atoms with van der Waals surface area (Å²) in [5, 5.41) is 15.7. The number of amides is 1. The maximum atomic E-state index is 12.1. The van der Waals surface area contributed by atoms with Crippen LogP contribution in [0.3, 0.4) is 0 Å². The molecule has 0 bridgehead atoms. The van der Waals surface area contributed by atoms with E-state index in [9.17, 15) is 9.90 Å². The minimum absolute atomic E-state index is 0.135. The third-order valence-corrected chi connectivity index (χ3v) is 5.01. The number of carbonyl (C=O) groups excluding carboxylic acids is 1. The molecule has 2 N–H and O–H groups in total. The quantitative estimate of drug-likeness (QED) is 0.911. The summed E-state index contributed by atoms with van der Waals surface area (Å²) in [5.74, 6) is 0.662. The van der Waals surface area contributed by atoms with Crippen LogP contribution >= 0.6 is 11.3 Å². The van der Waals surface area contributed by atoms with Gasteiger partial charge in [-0.05, 0) is 54.0 Å². The van der Waals surface area contributed by atoms with Crippen LogP contribution in [-0.2, 0) is 12.0 Å². The molecule has 0 radical (unpaired) electrons. The molecule has 2 aromatic rings. The molecular formula is C17H19NO3S. The van der Waals surface area contributed by atoms with Gasteiger partial charge in [-0.1, -0.05) is 12.1 Å². The summed E-state index contributed by atoms with van der Waals surface area (Å²) in [6, 6.07) is 9.36. The smallest absolute Gasteiger partial charge is 0.261 e. The minimum atomic E-state index is -1.01. The number of methoxy groups -OCH3 is 1. The van der Waals surface area contributed by atoms with Gasteiger partial charge in [0.1, 0.15) is 11.4 Å². The van der Waals surface area contributed by atoms with E-state index in [0.717, 1.165) is 29.7 Å². The zero-order chi connectivity index (χ0) is 15.6. The van der Waals surface area contributed by atoms with Crippen LogP contribution in [0, 0.1) is 0 Å². The summed E-state index contributed by atoms with van der Waals surface area (Å²) in [5.41, 5.74) is 0.983. The lowest BCUT2D eigenvalue weighted by Gasteiger charge is -2.34. The molecule has 0 saturated carbocycles. The Labute approximate surface area is 133 Å². The van der Waals surface area contributed by atoms with Crippen molar-refractivity contribution in [1.29, 1.82) is 0 Å². The monoisotopic (exact) mass is 317 g/mol. The number of fused-ring (bicyclic) bond motifs is 1. The third-order valence-electron chi connectivity index (χ3n) is 4.14. The predicted octanol–water partition coefficient (Wildman–Crippen LogP) is 2.71. The first kappa shape index (κ1) is 15.1. The van der Waals surface area contributed by atoms with E-state index in [1.807, 2.05) is 29.6 Å². The zero-order valence-corrected chi connectivity index (χ0v) is 13.3. The van der Waals surface area contributed by atoms with Crippen molar-refractivity contribution >= 4 is 17.2 Å². The van der Waals surface area contributed by atoms with Crippen LogP contribution in [0.25, 0.3) is 0 Å². The first-order chi connectivity index (χ1) is 10.6. The highest BCUT2D eigenvalue weighted by molar-refractivity contribution is 7.12. The van der Waals surface area contributed by atoms with Crippen LogP contribution in [-0.4, -0.2) is 24.7 Å². The number of aryl methyl sites for hydroxylation is 1. The highest BCUT2D eigenvalue weighted by atomic mass is 32.1. The molecule has 4 nitrogen and oxygen atoms in total. The summed E-state index contributed by atoms with van der Waals surface area (Å²) in [4.78, 5) is 12.7. The summed E-state index contributed by atoms with van der Waals surface area (Å²) in [6.45, 7) is 0.225. The van der Waals surface area contributed by atoms with Gasteiger partial charge < -0.3 is 15.2 Å². The van der Waals surface area contributed by atoms with Crippen LogP contribution in [0.5, 0.6) is 5.75 Å². The number of aliphatic hydroxyl groups is 1. The van der Waals surface area contributed by atoms with Crippen LogP contribution in [0.2, 0.25) is 0 Å². The van der Waals surface area contributed by atoms with E-state index in [4.69, 9.17) is 4.74 Å². The molecular weight excluding hydrogens is 298 g/mol. The highest BCUT2D eigenvalue weighted by Gasteiger charge is 2.35. The van der Waals surface area contributed by atoms with Gasteiger partial charge in [0.05, 0.1) is 18.5 Å². The van der Waals surface area contributed by atoms with E-state index in [0.29, 0.717) is 11.3 Å². The van der Waals surface area contributed by atoms with Crippen LogP contribution in [0.15, 0.2) is 35.7 Å². The lowest BCUT2D eigenvalue weighted by Crippen LogP contribution is -2.42. The number of hydrogen-bond acceptors (Lipinski definition) is 4. The fourth-order valence-corrected chi connectivity index (χ4v) is 3.61. The molecule has 0 fully saturated rings. The van der Waals surface area contributed by atoms with Gasteiger partial charge in [0.15, 0.2) is 0 Å². The number of nitrogens with one attached hydrogen (secondary N) is 1. The molecule has 0 spiro atoms. The topological polar surface area (TPSA) is 58.6 Å². The van der Waals surface area contributed by atoms with Crippen LogP contribution in [0.4, 0.5) is 0 Å². The molecule has 5 heteroatoms. The Bertz CT molecular complexity index is 669. The SMILES string of the molecule is COc1ccc2c(c1)CCC[C@@]2(O)CNC(=O)c1cccs1. The molecule has 1 aromatic carbocycles. The van der Waals surface area contributed by atoms with Crippen molar-refractivity contribution in [2.24, 2.45) is 0 Å². The van der Waals surface area contributed by atoms with Gasteiger partial charge in [-0.25, -0.2) is 0 Å². The van der Waals surface area contributed by atoms with Crippen LogP contribution in [0.1, 0.15) is 33.6 Å². The van der Waals surface area contributed by atoms with Crippen molar-refractivity contribution in [3.63, 3.8) is 0 Å². The van der Waals surface area contributed by atoms with Gasteiger partial charge in [0.2, 0.25) is 0 Å². The maximum absolute atomic E-state index is 12.1. The number of thiophene rings is 1. The number of ether oxygens (including phenoxy) is 1. The highest BCUT2D eigenvalue weighted by Crippen LogP contribution is 2.36.